The fraction of sp³-hybridized carbons (Fsp3) is 0.265. The van der Waals surface area contributed by atoms with Gasteiger partial charge < -0.3 is 4.90 Å². The average Bonchev–Trinajstić information content (AvgIpc) is 3.76. The number of rotatable bonds is 4. The Balaban J connectivity index is 1.14. The maximum absolute atomic E-state index is 2.53. The third-order valence-corrected chi connectivity index (χ3v) is 12.6. The van der Waals surface area contributed by atoms with Crippen molar-refractivity contribution in [1.29, 1.82) is 0 Å². The van der Waals surface area contributed by atoms with E-state index in [1.165, 1.54) is 93.4 Å². The first-order valence-corrected chi connectivity index (χ1v) is 17.7. The van der Waals surface area contributed by atoms with Crippen molar-refractivity contribution in [3.05, 3.63) is 92.1 Å². The highest BCUT2D eigenvalue weighted by Gasteiger charge is 2.29. The van der Waals surface area contributed by atoms with E-state index in [0.717, 1.165) is 13.1 Å². The Hall–Kier alpha value is -2.64. The molecule has 2 aromatic carbocycles. The van der Waals surface area contributed by atoms with Crippen molar-refractivity contribution in [2.75, 3.05) is 11.4 Å². The second-order valence-corrected chi connectivity index (χ2v) is 14.9. The highest BCUT2D eigenvalue weighted by molar-refractivity contribution is 8.03. The van der Waals surface area contributed by atoms with E-state index in [9.17, 15) is 0 Å². The molecule has 4 heterocycles. The lowest BCUT2D eigenvalue weighted by atomic mass is 9.77. The number of nitrogens with zero attached hydrogens (tertiary/aromatic N) is 2. The lowest BCUT2D eigenvalue weighted by Crippen LogP contribution is -2.33. The molecular weight excluding hydrogens is 565 g/mol. The van der Waals surface area contributed by atoms with E-state index in [4.69, 9.17) is 0 Å². The van der Waals surface area contributed by atoms with Crippen LogP contribution in [0.3, 0.4) is 0 Å². The summed E-state index contributed by atoms with van der Waals surface area (Å²) in [6.45, 7) is 6.55. The summed E-state index contributed by atoms with van der Waals surface area (Å²) in [6, 6.07) is 13.8. The number of aryl methyl sites for hydroxylation is 1. The molecule has 6 heteroatoms. The van der Waals surface area contributed by atoms with Gasteiger partial charge in [0.1, 0.15) is 11.2 Å². The molecule has 0 saturated carbocycles. The van der Waals surface area contributed by atoms with Crippen molar-refractivity contribution in [2.24, 2.45) is 5.92 Å². The molecule has 5 aromatic rings. The number of anilines is 1. The summed E-state index contributed by atoms with van der Waals surface area (Å²) >= 11 is 7.56. The topological polar surface area (TPSA) is 7.12 Å². The second-order valence-electron chi connectivity index (χ2n) is 10.9. The summed E-state index contributed by atoms with van der Waals surface area (Å²) in [5, 5.41) is 9.99. The van der Waals surface area contributed by atoms with Crippen molar-refractivity contribution in [3.63, 3.8) is 0 Å². The zero-order chi connectivity index (χ0) is 26.8. The van der Waals surface area contributed by atoms with Gasteiger partial charge in [0.25, 0.3) is 5.01 Å². The number of hydrogen-bond donors (Lipinski definition) is 0. The van der Waals surface area contributed by atoms with Crippen LogP contribution in [-0.2, 0) is 6.54 Å². The number of fused-ring (bicyclic) bond motifs is 7. The first-order valence-electron chi connectivity index (χ1n) is 14.3. The van der Waals surface area contributed by atoms with Gasteiger partial charge in [-0.15, -0.1) is 22.7 Å². The van der Waals surface area contributed by atoms with E-state index in [1.54, 1.807) is 0 Å². The summed E-state index contributed by atoms with van der Waals surface area (Å²) in [5.41, 5.74) is 7.29. The zero-order valence-electron chi connectivity index (χ0n) is 22.8. The Morgan fingerprint density at radius 3 is 2.50 bits per heavy atom. The molecule has 0 radical (unpaired) electrons. The molecule has 0 bridgehead atoms. The Morgan fingerprint density at radius 1 is 0.875 bits per heavy atom. The van der Waals surface area contributed by atoms with E-state index < -0.39 is 0 Å². The minimum Gasteiger partial charge on any atom is -0.335 e. The van der Waals surface area contributed by atoms with Crippen LogP contribution >= 0.6 is 45.8 Å². The number of hydrogen-bond acceptors (Lipinski definition) is 5. The van der Waals surface area contributed by atoms with Gasteiger partial charge in [-0.25, -0.2) is 0 Å². The van der Waals surface area contributed by atoms with Crippen LogP contribution in [0.5, 0.6) is 0 Å². The van der Waals surface area contributed by atoms with E-state index in [1.807, 2.05) is 45.8 Å². The number of allylic oxidation sites excluding steroid dienone is 6. The van der Waals surface area contributed by atoms with Crippen LogP contribution in [0.2, 0.25) is 0 Å². The Kier molecular flexibility index (Phi) is 6.29. The molecule has 8 rings (SSSR count). The van der Waals surface area contributed by atoms with Crippen LogP contribution in [0.25, 0.3) is 36.5 Å². The molecule has 200 valence electrons. The molecule has 1 unspecified atom stereocenters. The summed E-state index contributed by atoms with van der Waals surface area (Å²) in [4.78, 5) is 3.92. The minimum atomic E-state index is 0.701. The molecule has 2 aliphatic carbocycles. The lowest BCUT2D eigenvalue weighted by Gasteiger charge is -2.28. The van der Waals surface area contributed by atoms with Crippen LogP contribution in [0.15, 0.2) is 92.0 Å². The minimum absolute atomic E-state index is 0.701. The van der Waals surface area contributed by atoms with Gasteiger partial charge in [0.2, 0.25) is 5.52 Å². The maximum Gasteiger partial charge on any atom is 0.263 e. The third kappa shape index (κ3) is 4.06. The van der Waals surface area contributed by atoms with Gasteiger partial charge in [0.15, 0.2) is 0 Å². The predicted octanol–water partition coefficient (Wildman–Crippen LogP) is 10.6. The quantitative estimate of drug-likeness (QED) is 0.191. The molecule has 0 fully saturated rings. The van der Waals surface area contributed by atoms with Gasteiger partial charge in [0.05, 0.1) is 16.1 Å². The number of benzene rings is 2. The number of thiazole rings is 1. The SMILES string of the molecule is CCN1C(=CC2=CC3=CC(=Cc4sc5ccc6sccc6c5[n+]4CC)CCC3CC2)Sc2ccc3sccc3c21. The second kappa shape index (κ2) is 10.0. The summed E-state index contributed by atoms with van der Waals surface area (Å²) in [7, 11) is 0. The summed E-state index contributed by atoms with van der Waals surface area (Å²) < 4.78 is 6.68. The van der Waals surface area contributed by atoms with Crippen LogP contribution in [0, 0.1) is 5.92 Å². The van der Waals surface area contributed by atoms with Crippen LogP contribution in [0.1, 0.15) is 44.5 Å². The molecule has 0 saturated heterocycles. The average molecular weight is 596 g/mol. The first-order chi connectivity index (χ1) is 19.7. The number of thiophene rings is 2. The molecular formula is C34H31N2S4+. The molecule has 1 aliphatic heterocycles. The fourth-order valence-electron chi connectivity index (χ4n) is 6.69. The number of aromatic nitrogens is 1. The normalized spacial score (nSPS) is 21.1. The van der Waals surface area contributed by atoms with Gasteiger partial charge in [0, 0.05) is 32.3 Å². The summed E-state index contributed by atoms with van der Waals surface area (Å²) in [5.74, 6) is 0.701. The van der Waals surface area contributed by atoms with E-state index >= 15 is 0 Å². The van der Waals surface area contributed by atoms with E-state index in [-0.39, 0.29) is 0 Å². The monoisotopic (exact) mass is 595 g/mol. The molecule has 0 amide bonds. The number of thioether (sulfide) groups is 1. The first kappa shape index (κ1) is 25.1. The van der Waals surface area contributed by atoms with Crippen molar-refractivity contribution in [3.8, 4) is 0 Å². The van der Waals surface area contributed by atoms with Crippen LogP contribution in [0.4, 0.5) is 5.69 Å². The Bertz CT molecular complexity index is 1930. The largest absolute Gasteiger partial charge is 0.335 e. The van der Waals surface area contributed by atoms with Crippen molar-refractivity contribution >= 4 is 87.9 Å². The highest BCUT2D eigenvalue weighted by atomic mass is 32.2. The van der Waals surface area contributed by atoms with Crippen molar-refractivity contribution < 1.29 is 4.57 Å². The van der Waals surface area contributed by atoms with Gasteiger partial charge in [-0.1, -0.05) is 35.3 Å². The standard InChI is InChI=1S/C34H31N2S4/c1-3-35-31(39-29-11-9-27-25(33(29)35)13-15-37-27)19-21-5-7-23-8-6-22(18-24(23)17-21)20-32-36(4-2)34-26-14-16-38-28(26)10-12-30(34)40-32/h9-20,23H,3-8H2,1-2H3/q+1. The zero-order valence-corrected chi connectivity index (χ0v) is 26.0. The molecule has 0 spiro atoms. The Morgan fingerprint density at radius 2 is 1.65 bits per heavy atom. The molecule has 0 N–H and O–H groups in total. The third-order valence-electron chi connectivity index (χ3n) is 8.63. The Labute approximate surface area is 251 Å². The van der Waals surface area contributed by atoms with Gasteiger partial charge in [-0.2, -0.15) is 4.57 Å². The lowest BCUT2D eigenvalue weighted by molar-refractivity contribution is -0.664. The summed E-state index contributed by atoms with van der Waals surface area (Å²) in [6.07, 6.45) is 14.9. The molecule has 1 atom stereocenters. The molecule has 2 nitrogen and oxygen atoms in total. The van der Waals surface area contributed by atoms with Crippen molar-refractivity contribution in [2.45, 2.75) is 51.0 Å². The van der Waals surface area contributed by atoms with Gasteiger partial charge in [-0.05, 0) is 115 Å². The van der Waals surface area contributed by atoms with Crippen LogP contribution < -0.4 is 9.47 Å². The molecule has 3 aromatic heterocycles. The van der Waals surface area contributed by atoms with E-state index in [2.05, 4.69) is 94.8 Å². The highest BCUT2D eigenvalue weighted by Crippen LogP contribution is 2.51. The van der Waals surface area contributed by atoms with Crippen LogP contribution in [-0.4, -0.2) is 6.54 Å². The molecule has 3 aliphatic rings. The van der Waals surface area contributed by atoms with E-state index in [0.29, 0.717) is 5.92 Å². The maximum atomic E-state index is 2.53. The molecule has 40 heavy (non-hydrogen) atoms. The predicted molar refractivity (Wildman–Crippen MR) is 178 cm³/mol. The van der Waals surface area contributed by atoms with Crippen molar-refractivity contribution in [1.82, 2.24) is 0 Å². The van der Waals surface area contributed by atoms with Gasteiger partial charge >= 0.3 is 0 Å². The smallest absolute Gasteiger partial charge is 0.263 e. The van der Waals surface area contributed by atoms with Gasteiger partial charge in [-0.3, -0.25) is 0 Å². The fourth-order valence-corrected chi connectivity index (χ4v) is 10.7.